The number of hydrogen-bond donors (Lipinski definition) is 0. The molecule has 0 aliphatic heterocycles. The summed E-state index contributed by atoms with van der Waals surface area (Å²) in [5.74, 6) is 0.758. The van der Waals surface area contributed by atoms with Crippen LogP contribution in [0.15, 0.2) is 64.2 Å². The second kappa shape index (κ2) is 6.52. The van der Waals surface area contributed by atoms with E-state index in [4.69, 9.17) is 4.74 Å². The van der Waals surface area contributed by atoms with Crippen LogP contribution in [0.1, 0.15) is 6.92 Å². The zero-order valence-corrected chi connectivity index (χ0v) is 12.9. The zero-order valence-electron chi connectivity index (χ0n) is 12.9. The van der Waals surface area contributed by atoms with Gasteiger partial charge in [-0.3, -0.25) is 13.9 Å². The minimum atomic E-state index is -0.298. The van der Waals surface area contributed by atoms with E-state index >= 15 is 0 Å². The Balaban J connectivity index is 1.96. The zero-order chi connectivity index (χ0) is 16.2. The van der Waals surface area contributed by atoms with E-state index in [1.807, 2.05) is 36.4 Å². The summed E-state index contributed by atoms with van der Waals surface area (Å²) in [6.07, 6.45) is 0. The van der Waals surface area contributed by atoms with Gasteiger partial charge in [-0.15, -0.1) is 0 Å². The lowest BCUT2D eigenvalue weighted by Gasteiger charge is -2.13. The predicted octanol–water partition coefficient (Wildman–Crippen LogP) is 2.26. The molecule has 0 radical (unpaired) electrons. The van der Waals surface area contributed by atoms with E-state index < -0.39 is 0 Å². The third kappa shape index (κ3) is 2.90. The Morgan fingerprint density at radius 3 is 2.35 bits per heavy atom. The van der Waals surface area contributed by atoms with Crippen LogP contribution < -0.4 is 16.0 Å². The predicted molar refractivity (Wildman–Crippen MR) is 90.1 cm³/mol. The number of benzene rings is 2. The van der Waals surface area contributed by atoms with Gasteiger partial charge in [0.15, 0.2) is 0 Å². The van der Waals surface area contributed by atoms with Crippen molar-refractivity contribution in [3.8, 4) is 5.75 Å². The van der Waals surface area contributed by atoms with Crippen molar-refractivity contribution in [3.05, 3.63) is 75.4 Å². The minimum absolute atomic E-state index is 0.242. The van der Waals surface area contributed by atoms with Crippen molar-refractivity contribution in [3.63, 3.8) is 0 Å². The fourth-order valence-corrected chi connectivity index (χ4v) is 2.64. The Labute approximate surface area is 133 Å². The van der Waals surface area contributed by atoms with Crippen LogP contribution in [0.25, 0.3) is 10.9 Å². The number of hydrogen-bond acceptors (Lipinski definition) is 3. The normalized spacial score (nSPS) is 10.8. The highest BCUT2D eigenvalue weighted by Crippen LogP contribution is 2.10. The molecule has 0 saturated heterocycles. The summed E-state index contributed by atoms with van der Waals surface area (Å²) >= 11 is 0. The highest BCUT2D eigenvalue weighted by atomic mass is 16.5. The van der Waals surface area contributed by atoms with Crippen LogP contribution >= 0.6 is 0 Å². The molecule has 2 aromatic carbocycles. The molecule has 3 aromatic rings. The first-order chi connectivity index (χ1) is 11.2. The molecule has 1 aromatic heterocycles. The quantitative estimate of drug-likeness (QED) is 0.726. The van der Waals surface area contributed by atoms with Crippen LogP contribution in [-0.4, -0.2) is 15.7 Å². The average molecular weight is 310 g/mol. The van der Waals surface area contributed by atoms with Gasteiger partial charge < -0.3 is 4.74 Å². The first-order valence-corrected chi connectivity index (χ1v) is 7.62. The largest absolute Gasteiger partial charge is 0.492 e. The van der Waals surface area contributed by atoms with Crippen molar-refractivity contribution >= 4 is 10.9 Å². The summed E-state index contributed by atoms with van der Waals surface area (Å²) < 4.78 is 8.53. The van der Waals surface area contributed by atoms with Gasteiger partial charge in [0.2, 0.25) is 0 Å². The van der Waals surface area contributed by atoms with Crippen molar-refractivity contribution in [2.24, 2.45) is 0 Å². The van der Waals surface area contributed by atoms with Crippen molar-refractivity contribution in [2.45, 2.75) is 20.0 Å². The highest BCUT2D eigenvalue weighted by Gasteiger charge is 2.11. The van der Waals surface area contributed by atoms with Gasteiger partial charge in [0.25, 0.3) is 5.56 Å². The van der Waals surface area contributed by atoms with Crippen molar-refractivity contribution in [2.75, 3.05) is 6.61 Å². The average Bonchev–Trinajstić information content (AvgIpc) is 2.59. The van der Waals surface area contributed by atoms with Gasteiger partial charge in [-0.2, -0.15) is 0 Å². The Morgan fingerprint density at radius 1 is 0.913 bits per heavy atom. The summed E-state index contributed by atoms with van der Waals surface area (Å²) in [6.45, 7) is 2.88. The molecule has 1 heterocycles. The molecular weight excluding hydrogens is 292 g/mol. The third-order valence-corrected chi connectivity index (χ3v) is 3.78. The molecular formula is C18H18N2O3. The molecule has 0 N–H and O–H groups in total. The molecule has 0 aliphatic rings. The number of para-hydroxylation sites is 2. The lowest BCUT2D eigenvalue weighted by Crippen LogP contribution is -2.40. The number of aromatic nitrogens is 2. The number of rotatable bonds is 5. The second-order valence-corrected chi connectivity index (χ2v) is 5.16. The Kier molecular flexibility index (Phi) is 4.28. The maximum Gasteiger partial charge on any atom is 0.331 e. The van der Waals surface area contributed by atoms with Gasteiger partial charge in [-0.1, -0.05) is 30.3 Å². The van der Waals surface area contributed by atoms with Crippen LogP contribution in [0.2, 0.25) is 0 Å². The van der Waals surface area contributed by atoms with Crippen LogP contribution in [0, 0.1) is 0 Å². The smallest absolute Gasteiger partial charge is 0.331 e. The lowest BCUT2D eigenvalue weighted by molar-refractivity contribution is 0.296. The standard InChI is InChI=1S/C18H18N2O3/c1-2-19-17(21)15-10-6-7-11-16(15)20(18(19)22)12-13-23-14-8-4-3-5-9-14/h3-11H,2,12-13H2,1H3. The molecule has 0 amide bonds. The third-order valence-electron chi connectivity index (χ3n) is 3.78. The van der Waals surface area contributed by atoms with E-state index in [0.29, 0.717) is 30.6 Å². The van der Waals surface area contributed by atoms with Crippen molar-refractivity contribution in [1.29, 1.82) is 0 Å². The van der Waals surface area contributed by atoms with Crippen molar-refractivity contribution in [1.82, 2.24) is 9.13 Å². The highest BCUT2D eigenvalue weighted by molar-refractivity contribution is 5.77. The summed E-state index contributed by atoms with van der Waals surface area (Å²) in [7, 11) is 0. The fraction of sp³-hybridized carbons (Fsp3) is 0.222. The molecule has 23 heavy (non-hydrogen) atoms. The summed E-state index contributed by atoms with van der Waals surface area (Å²) in [5.41, 5.74) is 0.102. The van der Waals surface area contributed by atoms with Gasteiger partial charge in [-0.05, 0) is 31.2 Å². The van der Waals surface area contributed by atoms with Gasteiger partial charge in [0, 0.05) is 6.54 Å². The van der Waals surface area contributed by atoms with Crippen LogP contribution in [-0.2, 0) is 13.1 Å². The molecule has 118 valence electrons. The minimum Gasteiger partial charge on any atom is -0.492 e. The van der Waals surface area contributed by atoms with Gasteiger partial charge in [0.1, 0.15) is 12.4 Å². The van der Waals surface area contributed by atoms with Gasteiger partial charge >= 0.3 is 5.69 Å². The molecule has 0 saturated carbocycles. The summed E-state index contributed by atoms with van der Waals surface area (Å²) in [5, 5.41) is 0.550. The second-order valence-electron chi connectivity index (χ2n) is 5.16. The molecule has 3 rings (SSSR count). The number of ether oxygens (including phenoxy) is 1. The maximum absolute atomic E-state index is 12.5. The molecule has 0 unspecified atom stereocenters. The maximum atomic E-state index is 12.5. The monoisotopic (exact) mass is 310 g/mol. The van der Waals surface area contributed by atoms with E-state index in [1.54, 1.807) is 29.7 Å². The van der Waals surface area contributed by atoms with Crippen LogP contribution in [0.3, 0.4) is 0 Å². The molecule has 0 fully saturated rings. The molecule has 5 heteroatoms. The molecule has 0 bridgehead atoms. The Bertz CT molecular complexity index is 926. The first kappa shape index (κ1) is 15.1. The molecule has 0 aliphatic carbocycles. The van der Waals surface area contributed by atoms with E-state index in [-0.39, 0.29) is 11.2 Å². The first-order valence-electron chi connectivity index (χ1n) is 7.62. The number of fused-ring (bicyclic) bond motifs is 1. The summed E-state index contributed by atoms with van der Waals surface area (Å²) in [6, 6.07) is 16.6. The van der Waals surface area contributed by atoms with E-state index in [0.717, 1.165) is 5.75 Å². The summed E-state index contributed by atoms with van der Waals surface area (Å²) in [4.78, 5) is 24.9. The Morgan fingerprint density at radius 2 is 1.61 bits per heavy atom. The van der Waals surface area contributed by atoms with E-state index in [1.165, 1.54) is 4.57 Å². The Hall–Kier alpha value is -2.82. The van der Waals surface area contributed by atoms with E-state index in [9.17, 15) is 9.59 Å². The molecule has 0 spiro atoms. The van der Waals surface area contributed by atoms with E-state index in [2.05, 4.69) is 0 Å². The SMILES string of the molecule is CCn1c(=O)c2ccccc2n(CCOc2ccccc2)c1=O. The molecule has 5 nitrogen and oxygen atoms in total. The van der Waals surface area contributed by atoms with Crippen molar-refractivity contribution < 1.29 is 4.74 Å². The topological polar surface area (TPSA) is 53.2 Å². The van der Waals surface area contributed by atoms with Crippen LogP contribution in [0.5, 0.6) is 5.75 Å². The lowest BCUT2D eigenvalue weighted by atomic mass is 10.2. The van der Waals surface area contributed by atoms with Crippen LogP contribution in [0.4, 0.5) is 0 Å². The number of nitrogens with zero attached hydrogens (tertiary/aromatic N) is 2. The van der Waals surface area contributed by atoms with Gasteiger partial charge in [0.05, 0.1) is 17.4 Å². The fourth-order valence-electron chi connectivity index (χ4n) is 2.64. The van der Waals surface area contributed by atoms with Gasteiger partial charge in [-0.25, -0.2) is 4.79 Å². The molecule has 0 atom stereocenters.